The minimum absolute atomic E-state index is 0.266. The molecule has 1 N–H and O–H groups in total. The van der Waals surface area contributed by atoms with Crippen LogP contribution in [0, 0.1) is 39.5 Å². The summed E-state index contributed by atoms with van der Waals surface area (Å²) in [5.41, 5.74) is 3.46. The van der Waals surface area contributed by atoms with Crippen molar-refractivity contribution in [2.24, 2.45) is 11.8 Å². The molecule has 1 aromatic rings. The van der Waals surface area contributed by atoms with E-state index >= 15 is 0 Å². The monoisotopic (exact) mass is 478 g/mol. The zero-order valence-corrected chi connectivity index (χ0v) is 21.2. The summed E-state index contributed by atoms with van der Waals surface area (Å²) in [6, 6.07) is 2.01. The Morgan fingerprint density at radius 2 is 1.55 bits per heavy atom. The van der Waals surface area contributed by atoms with E-state index in [1.807, 2.05) is 33.8 Å². The van der Waals surface area contributed by atoms with E-state index in [2.05, 4.69) is 5.32 Å². The maximum Gasteiger partial charge on any atom is 0.309 e. The first-order chi connectivity index (χ1) is 15.6. The van der Waals surface area contributed by atoms with Gasteiger partial charge in [-0.1, -0.05) is 25.3 Å². The molecule has 0 spiro atoms. The third-order valence-corrected chi connectivity index (χ3v) is 9.51. The summed E-state index contributed by atoms with van der Waals surface area (Å²) >= 11 is 0. The van der Waals surface area contributed by atoms with Crippen LogP contribution in [0.25, 0.3) is 0 Å². The van der Waals surface area contributed by atoms with Gasteiger partial charge in [-0.2, -0.15) is 4.31 Å². The van der Waals surface area contributed by atoms with Gasteiger partial charge in [0, 0.05) is 19.6 Å². The van der Waals surface area contributed by atoms with Crippen LogP contribution in [0.5, 0.6) is 0 Å². The summed E-state index contributed by atoms with van der Waals surface area (Å²) in [7, 11) is -3.64. The Kier molecular flexibility index (Phi) is 8.56. The van der Waals surface area contributed by atoms with E-state index in [0.717, 1.165) is 35.1 Å². The smallest absolute Gasteiger partial charge is 0.309 e. The Bertz CT molecular complexity index is 949. The van der Waals surface area contributed by atoms with Crippen molar-refractivity contribution in [3.05, 3.63) is 28.3 Å². The predicted molar refractivity (Wildman–Crippen MR) is 127 cm³/mol. The topological polar surface area (TPSA) is 92.8 Å². The number of amides is 1. The standard InChI is InChI=1S/C25H38N2O5S/c1-17-14-18(2)20(4)24(19(17)3)33(30,31)27-12-10-22(11-13-27)25(29)32-16-23(28)26-15-21-8-6-5-7-9-21/h14,21-22H,5-13,15-16H2,1-4H3,(H,26,28). The zero-order chi connectivity index (χ0) is 24.2. The first kappa shape index (κ1) is 25.7. The summed E-state index contributed by atoms with van der Waals surface area (Å²) in [6.07, 6.45) is 6.77. The molecular weight excluding hydrogens is 440 g/mol. The highest BCUT2D eigenvalue weighted by atomic mass is 32.2. The van der Waals surface area contributed by atoms with E-state index in [0.29, 0.717) is 30.2 Å². The van der Waals surface area contributed by atoms with Crippen LogP contribution in [0.15, 0.2) is 11.0 Å². The second-order valence-electron chi connectivity index (χ2n) is 9.68. The summed E-state index contributed by atoms with van der Waals surface area (Å²) in [5.74, 6) is -0.550. The Morgan fingerprint density at radius 3 is 2.12 bits per heavy atom. The summed E-state index contributed by atoms with van der Waals surface area (Å²) in [5, 5.41) is 2.87. The number of sulfonamides is 1. The molecule has 1 aliphatic heterocycles. The molecule has 2 aliphatic rings. The zero-order valence-electron chi connectivity index (χ0n) is 20.4. The fourth-order valence-electron chi connectivity index (χ4n) is 4.98. The van der Waals surface area contributed by atoms with Gasteiger partial charge in [-0.3, -0.25) is 9.59 Å². The van der Waals surface area contributed by atoms with Gasteiger partial charge in [0.1, 0.15) is 0 Å². The van der Waals surface area contributed by atoms with E-state index in [-0.39, 0.29) is 31.5 Å². The van der Waals surface area contributed by atoms with E-state index in [9.17, 15) is 18.0 Å². The van der Waals surface area contributed by atoms with Gasteiger partial charge in [0.25, 0.3) is 5.91 Å². The molecule has 8 heteroatoms. The van der Waals surface area contributed by atoms with Crippen molar-refractivity contribution in [3.8, 4) is 0 Å². The predicted octanol–water partition coefficient (Wildman–Crippen LogP) is 3.56. The Balaban J connectivity index is 1.50. The lowest BCUT2D eigenvalue weighted by Crippen LogP contribution is -2.41. The minimum atomic E-state index is -3.64. The maximum atomic E-state index is 13.4. The summed E-state index contributed by atoms with van der Waals surface area (Å²) in [6.45, 7) is 8.44. The minimum Gasteiger partial charge on any atom is -0.455 e. The molecule has 3 rings (SSSR count). The van der Waals surface area contributed by atoms with E-state index in [4.69, 9.17) is 4.74 Å². The number of carbonyl (C=O) groups excluding carboxylic acids is 2. The lowest BCUT2D eigenvalue weighted by atomic mass is 9.89. The number of nitrogens with zero attached hydrogens (tertiary/aromatic N) is 1. The van der Waals surface area contributed by atoms with Crippen molar-refractivity contribution in [2.45, 2.75) is 77.5 Å². The normalized spacial score (nSPS) is 18.8. The number of ether oxygens (including phenoxy) is 1. The lowest BCUT2D eigenvalue weighted by Gasteiger charge is -2.31. The molecule has 2 fully saturated rings. The van der Waals surface area contributed by atoms with Gasteiger partial charge >= 0.3 is 5.97 Å². The number of piperidine rings is 1. The van der Waals surface area contributed by atoms with Crippen LogP contribution in [0.3, 0.4) is 0 Å². The molecule has 7 nitrogen and oxygen atoms in total. The number of nitrogens with one attached hydrogen (secondary N) is 1. The van der Waals surface area contributed by atoms with Crippen molar-refractivity contribution in [1.29, 1.82) is 0 Å². The molecule has 1 amide bonds. The number of esters is 1. The van der Waals surface area contributed by atoms with Crippen molar-refractivity contribution >= 4 is 21.9 Å². The van der Waals surface area contributed by atoms with Crippen molar-refractivity contribution in [3.63, 3.8) is 0 Å². The van der Waals surface area contributed by atoms with Crippen LogP contribution in [-0.2, 0) is 24.3 Å². The fraction of sp³-hybridized carbons (Fsp3) is 0.680. The van der Waals surface area contributed by atoms with E-state index < -0.39 is 16.0 Å². The highest BCUT2D eigenvalue weighted by molar-refractivity contribution is 7.89. The van der Waals surface area contributed by atoms with Crippen LogP contribution in [0.4, 0.5) is 0 Å². The molecule has 0 radical (unpaired) electrons. The maximum absolute atomic E-state index is 13.4. The average Bonchev–Trinajstić information content (AvgIpc) is 2.80. The van der Waals surface area contributed by atoms with Crippen LogP contribution in [0.1, 0.15) is 67.2 Å². The number of hydrogen-bond acceptors (Lipinski definition) is 5. The molecule has 1 saturated heterocycles. The van der Waals surface area contributed by atoms with Gasteiger partial charge in [-0.25, -0.2) is 8.42 Å². The van der Waals surface area contributed by atoms with Crippen LogP contribution in [0.2, 0.25) is 0 Å². The molecule has 0 aromatic heterocycles. The first-order valence-electron chi connectivity index (χ1n) is 12.1. The molecule has 33 heavy (non-hydrogen) atoms. The van der Waals surface area contributed by atoms with Crippen LogP contribution < -0.4 is 5.32 Å². The lowest BCUT2D eigenvalue weighted by molar-refractivity contribution is -0.153. The second kappa shape index (κ2) is 11.0. The van der Waals surface area contributed by atoms with E-state index in [1.165, 1.54) is 23.6 Å². The molecule has 0 unspecified atom stereocenters. The largest absolute Gasteiger partial charge is 0.455 e. The molecule has 1 heterocycles. The van der Waals surface area contributed by atoms with Gasteiger partial charge in [0.05, 0.1) is 10.8 Å². The van der Waals surface area contributed by atoms with E-state index in [1.54, 1.807) is 0 Å². The molecule has 1 aliphatic carbocycles. The molecule has 1 saturated carbocycles. The van der Waals surface area contributed by atoms with Gasteiger partial charge in [0.2, 0.25) is 10.0 Å². The molecule has 0 bridgehead atoms. The van der Waals surface area contributed by atoms with Crippen molar-refractivity contribution in [1.82, 2.24) is 9.62 Å². The van der Waals surface area contributed by atoms with Crippen molar-refractivity contribution in [2.75, 3.05) is 26.2 Å². The second-order valence-corrected chi connectivity index (χ2v) is 11.6. The summed E-state index contributed by atoms with van der Waals surface area (Å²) < 4.78 is 33.5. The molecule has 184 valence electrons. The van der Waals surface area contributed by atoms with Gasteiger partial charge in [0.15, 0.2) is 6.61 Å². The Hall–Kier alpha value is -1.93. The summed E-state index contributed by atoms with van der Waals surface area (Å²) in [4.78, 5) is 24.9. The number of aryl methyl sites for hydroxylation is 2. The SMILES string of the molecule is Cc1cc(C)c(C)c(S(=O)(=O)N2CCC(C(=O)OCC(=O)NCC3CCCCC3)CC2)c1C. The third-order valence-electron chi connectivity index (χ3n) is 7.34. The third kappa shape index (κ3) is 6.15. The average molecular weight is 479 g/mol. The number of carbonyl (C=O) groups is 2. The number of hydrogen-bond donors (Lipinski definition) is 1. The van der Waals surface area contributed by atoms with Gasteiger partial charge in [-0.15, -0.1) is 0 Å². The first-order valence-corrected chi connectivity index (χ1v) is 13.6. The fourth-order valence-corrected chi connectivity index (χ4v) is 7.03. The highest BCUT2D eigenvalue weighted by Crippen LogP contribution is 2.31. The molecule has 1 aromatic carbocycles. The number of rotatable bonds is 7. The van der Waals surface area contributed by atoms with Crippen LogP contribution in [-0.4, -0.2) is 50.8 Å². The molecular formula is C25H38N2O5S. The van der Waals surface area contributed by atoms with Gasteiger partial charge < -0.3 is 10.1 Å². The van der Waals surface area contributed by atoms with Crippen LogP contribution >= 0.6 is 0 Å². The number of benzene rings is 1. The highest BCUT2D eigenvalue weighted by Gasteiger charge is 2.35. The van der Waals surface area contributed by atoms with Crippen molar-refractivity contribution < 1.29 is 22.7 Å². The Morgan fingerprint density at radius 1 is 0.970 bits per heavy atom. The molecule has 0 atom stereocenters. The quantitative estimate of drug-likeness (QED) is 0.605. The van der Waals surface area contributed by atoms with Gasteiger partial charge in [-0.05, 0) is 81.5 Å². The Labute approximate surface area is 198 Å².